The number of carbonyl (C=O) groups is 2. The second-order valence-electron chi connectivity index (χ2n) is 9.21. The van der Waals surface area contributed by atoms with Gasteiger partial charge in [-0.3, -0.25) is 9.59 Å². The summed E-state index contributed by atoms with van der Waals surface area (Å²) in [5.74, 6) is -6.35. The second kappa shape index (κ2) is 9.46. The highest BCUT2D eigenvalue weighted by Crippen LogP contribution is 2.49. The lowest BCUT2D eigenvalue weighted by Gasteiger charge is -2.34. The Bertz CT molecular complexity index is 1670. The van der Waals surface area contributed by atoms with Gasteiger partial charge in [-0.1, -0.05) is 12.1 Å². The van der Waals surface area contributed by atoms with Crippen LogP contribution in [0, 0.1) is 5.92 Å². The maximum Gasteiger partial charge on any atom is 0.193 e. The summed E-state index contributed by atoms with van der Waals surface area (Å²) in [5, 5.41) is 70.8. The van der Waals surface area contributed by atoms with Crippen LogP contribution in [0.2, 0.25) is 0 Å². The number of aromatic hydroxyl groups is 7. The molecule has 0 aromatic heterocycles. The van der Waals surface area contributed by atoms with Crippen molar-refractivity contribution < 1.29 is 45.3 Å². The standard InChI is InChI=1S/C30H22O9/c31-16-3-1-14(2-4-16)27-21-13-26(37)25(36)10-15(21)9-22(29(38)19-7-5-17(32)11-23(19)34)28(27)30(39)20-8-6-18(33)12-24(20)35/h1-13,27-28,31-37H/t27-,28-/m1/s1. The normalized spacial score (nSPS) is 16.3. The van der Waals surface area contributed by atoms with Gasteiger partial charge in [-0.15, -0.1) is 0 Å². The number of benzene rings is 4. The zero-order valence-electron chi connectivity index (χ0n) is 20.1. The zero-order valence-corrected chi connectivity index (χ0v) is 20.1. The van der Waals surface area contributed by atoms with Crippen molar-refractivity contribution in [2.24, 2.45) is 5.92 Å². The Hall–Kier alpha value is -5.44. The van der Waals surface area contributed by atoms with E-state index in [4.69, 9.17) is 0 Å². The molecule has 0 saturated carbocycles. The van der Waals surface area contributed by atoms with Gasteiger partial charge in [0.1, 0.15) is 28.7 Å². The van der Waals surface area contributed by atoms with Gasteiger partial charge in [0.05, 0.1) is 17.0 Å². The van der Waals surface area contributed by atoms with Crippen LogP contribution in [0.1, 0.15) is 43.3 Å². The minimum absolute atomic E-state index is 0.0525. The fraction of sp³-hybridized carbons (Fsp3) is 0.0667. The largest absolute Gasteiger partial charge is 0.508 e. The van der Waals surface area contributed by atoms with E-state index in [1.54, 1.807) is 0 Å². The molecule has 0 unspecified atom stereocenters. The van der Waals surface area contributed by atoms with Gasteiger partial charge in [-0.05, 0) is 71.3 Å². The van der Waals surface area contributed by atoms with E-state index in [-0.39, 0.29) is 33.9 Å². The molecule has 1 aliphatic carbocycles. The fourth-order valence-electron chi connectivity index (χ4n) is 4.94. The van der Waals surface area contributed by atoms with E-state index >= 15 is 0 Å². The molecule has 5 rings (SSSR count). The maximum absolute atomic E-state index is 14.1. The highest BCUT2D eigenvalue weighted by atomic mass is 16.3. The zero-order chi connectivity index (χ0) is 28.0. The molecule has 0 spiro atoms. The van der Waals surface area contributed by atoms with Crippen molar-refractivity contribution in [2.75, 3.05) is 0 Å². The number of fused-ring (bicyclic) bond motifs is 1. The summed E-state index contributed by atoms with van der Waals surface area (Å²) in [5.41, 5.74) is 0.639. The molecule has 1 aliphatic rings. The quantitative estimate of drug-likeness (QED) is 0.145. The molecular formula is C30H22O9. The van der Waals surface area contributed by atoms with Gasteiger partial charge in [0.2, 0.25) is 0 Å². The topological polar surface area (TPSA) is 176 Å². The van der Waals surface area contributed by atoms with Crippen molar-refractivity contribution in [2.45, 2.75) is 5.92 Å². The van der Waals surface area contributed by atoms with Crippen molar-refractivity contribution in [3.05, 3.63) is 106 Å². The first kappa shape index (κ1) is 25.2. The molecular weight excluding hydrogens is 504 g/mol. The third kappa shape index (κ3) is 4.46. The predicted octanol–water partition coefficient (Wildman–Crippen LogP) is 4.54. The SMILES string of the molecule is O=C(C1=Cc2cc(O)c(O)cc2[C@@H](c2ccc(O)cc2)[C@@H]1C(=O)c1ccc(O)cc1O)c1ccc(O)cc1O. The van der Waals surface area contributed by atoms with Crippen LogP contribution in [0.4, 0.5) is 0 Å². The maximum atomic E-state index is 14.1. The highest BCUT2D eigenvalue weighted by molar-refractivity contribution is 6.19. The molecule has 4 aromatic carbocycles. The van der Waals surface area contributed by atoms with Gasteiger partial charge in [0.15, 0.2) is 23.1 Å². The average molecular weight is 526 g/mol. The Morgan fingerprint density at radius 3 is 1.69 bits per heavy atom. The molecule has 9 heteroatoms. The second-order valence-corrected chi connectivity index (χ2v) is 9.21. The molecule has 0 radical (unpaired) electrons. The van der Waals surface area contributed by atoms with Crippen molar-refractivity contribution >= 4 is 17.6 Å². The van der Waals surface area contributed by atoms with Crippen molar-refractivity contribution in [3.8, 4) is 40.2 Å². The summed E-state index contributed by atoms with van der Waals surface area (Å²) in [6.07, 6.45) is 1.36. The molecule has 4 aromatic rings. The first-order chi connectivity index (χ1) is 18.5. The number of ketones is 2. The van der Waals surface area contributed by atoms with Crippen LogP contribution in [-0.2, 0) is 0 Å². The molecule has 0 saturated heterocycles. The van der Waals surface area contributed by atoms with Crippen molar-refractivity contribution in [3.63, 3.8) is 0 Å². The summed E-state index contributed by atoms with van der Waals surface area (Å²) in [6.45, 7) is 0. The van der Waals surface area contributed by atoms with Gasteiger partial charge < -0.3 is 35.7 Å². The number of phenolic OH excluding ortho intramolecular Hbond substituents is 7. The molecule has 7 N–H and O–H groups in total. The van der Waals surface area contributed by atoms with Crippen LogP contribution in [-0.4, -0.2) is 47.3 Å². The number of allylic oxidation sites excluding steroid dienone is 1. The van der Waals surface area contributed by atoms with E-state index in [1.807, 2.05) is 0 Å². The monoisotopic (exact) mass is 526 g/mol. The Balaban J connectivity index is 1.80. The van der Waals surface area contributed by atoms with Crippen LogP contribution in [0.15, 0.2) is 78.4 Å². The summed E-state index contributed by atoms with van der Waals surface area (Å²) >= 11 is 0. The summed E-state index contributed by atoms with van der Waals surface area (Å²) in [6, 6.07) is 15.2. The molecule has 196 valence electrons. The van der Waals surface area contributed by atoms with Gasteiger partial charge in [0.25, 0.3) is 0 Å². The van der Waals surface area contributed by atoms with E-state index in [0.717, 1.165) is 12.1 Å². The predicted molar refractivity (Wildman–Crippen MR) is 139 cm³/mol. The molecule has 0 aliphatic heterocycles. The van der Waals surface area contributed by atoms with E-state index in [2.05, 4.69) is 0 Å². The smallest absolute Gasteiger partial charge is 0.193 e. The Labute approximate surface area is 221 Å². The van der Waals surface area contributed by atoms with E-state index < -0.39 is 46.4 Å². The third-order valence-electron chi connectivity index (χ3n) is 6.76. The molecule has 39 heavy (non-hydrogen) atoms. The molecule has 0 fully saturated rings. The number of hydrogen-bond donors (Lipinski definition) is 7. The van der Waals surface area contributed by atoms with E-state index in [1.165, 1.54) is 66.7 Å². The molecule has 0 amide bonds. The lowest BCUT2D eigenvalue weighted by Crippen LogP contribution is -2.32. The number of hydrogen-bond acceptors (Lipinski definition) is 9. The number of phenols is 7. The van der Waals surface area contributed by atoms with E-state index in [0.29, 0.717) is 16.7 Å². The average Bonchev–Trinajstić information content (AvgIpc) is 2.88. The first-order valence-corrected chi connectivity index (χ1v) is 11.7. The van der Waals surface area contributed by atoms with Gasteiger partial charge >= 0.3 is 0 Å². The van der Waals surface area contributed by atoms with Gasteiger partial charge in [-0.25, -0.2) is 0 Å². The van der Waals surface area contributed by atoms with Crippen LogP contribution in [0.25, 0.3) is 6.08 Å². The first-order valence-electron chi connectivity index (χ1n) is 11.7. The molecule has 0 bridgehead atoms. The van der Waals surface area contributed by atoms with Crippen LogP contribution in [0.3, 0.4) is 0 Å². The van der Waals surface area contributed by atoms with Crippen LogP contribution >= 0.6 is 0 Å². The summed E-state index contributed by atoms with van der Waals surface area (Å²) in [4.78, 5) is 28.0. The van der Waals surface area contributed by atoms with Gasteiger partial charge in [0, 0.05) is 23.6 Å². The molecule has 9 nitrogen and oxygen atoms in total. The van der Waals surface area contributed by atoms with Crippen molar-refractivity contribution in [1.29, 1.82) is 0 Å². The van der Waals surface area contributed by atoms with Crippen molar-refractivity contribution in [1.82, 2.24) is 0 Å². The highest BCUT2D eigenvalue weighted by Gasteiger charge is 2.42. The number of rotatable bonds is 5. The molecule has 0 heterocycles. The number of carbonyl (C=O) groups excluding carboxylic acids is 2. The fourth-order valence-corrected chi connectivity index (χ4v) is 4.94. The Morgan fingerprint density at radius 2 is 1.10 bits per heavy atom. The van der Waals surface area contributed by atoms with Crippen LogP contribution < -0.4 is 0 Å². The van der Waals surface area contributed by atoms with E-state index in [9.17, 15) is 45.3 Å². The molecule has 2 atom stereocenters. The lowest BCUT2D eigenvalue weighted by molar-refractivity contribution is 0.0893. The van der Waals surface area contributed by atoms with Gasteiger partial charge in [-0.2, -0.15) is 0 Å². The Morgan fingerprint density at radius 1 is 0.564 bits per heavy atom. The lowest BCUT2D eigenvalue weighted by atomic mass is 9.67. The summed E-state index contributed by atoms with van der Waals surface area (Å²) < 4.78 is 0. The van der Waals surface area contributed by atoms with Crippen LogP contribution in [0.5, 0.6) is 40.2 Å². The summed E-state index contributed by atoms with van der Waals surface area (Å²) in [7, 11) is 0. The number of Topliss-reactive ketones (excluding diaryl/α,β-unsaturated/α-hetero) is 2. The minimum atomic E-state index is -1.33. The Kier molecular flexibility index (Phi) is 6.12. The third-order valence-corrected chi connectivity index (χ3v) is 6.76. The minimum Gasteiger partial charge on any atom is -0.508 e.